The molecule has 0 spiro atoms. The van der Waals surface area contributed by atoms with Gasteiger partial charge in [-0.2, -0.15) is 0 Å². The summed E-state index contributed by atoms with van der Waals surface area (Å²) < 4.78 is 0. The maximum absolute atomic E-state index is 12.3. The highest BCUT2D eigenvalue weighted by Gasteiger charge is 2.12. The molecule has 21 heavy (non-hydrogen) atoms. The normalized spacial score (nSPS) is 9.86. The summed E-state index contributed by atoms with van der Waals surface area (Å²) in [5, 5.41) is 13.6. The SMILES string of the molecule is Cc1ccc(NC(=O)c2sccc2C)c(C#CCCO)c1. The summed E-state index contributed by atoms with van der Waals surface area (Å²) in [5.41, 5.74) is 3.51. The third-order valence-electron chi connectivity index (χ3n) is 2.95. The fourth-order valence-electron chi connectivity index (χ4n) is 1.87. The molecule has 0 aliphatic rings. The van der Waals surface area contributed by atoms with Gasteiger partial charge in [-0.25, -0.2) is 0 Å². The highest BCUT2D eigenvalue weighted by molar-refractivity contribution is 7.12. The van der Waals surface area contributed by atoms with E-state index in [1.54, 1.807) is 0 Å². The minimum Gasteiger partial charge on any atom is -0.395 e. The fourth-order valence-corrected chi connectivity index (χ4v) is 2.69. The van der Waals surface area contributed by atoms with Crippen molar-refractivity contribution in [2.75, 3.05) is 11.9 Å². The number of benzene rings is 1. The number of aliphatic hydroxyl groups excluding tert-OH is 1. The summed E-state index contributed by atoms with van der Waals surface area (Å²) in [6.07, 6.45) is 0.422. The molecule has 2 rings (SSSR count). The second-order valence-corrected chi connectivity index (χ2v) is 5.63. The molecule has 108 valence electrons. The second kappa shape index (κ2) is 7.07. The van der Waals surface area contributed by atoms with Crippen LogP contribution >= 0.6 is 11.3 Å². The van der Waals surface area contributed by atoms with Gasteiger partial charge in [-0.05, 0) is 48.6 Å². The minimum absolute atomic E-state index is 0.0366. The lowest BCUT2D eigenvalue weighted by Gasteiger charge is -2.08. The zero-order valence-corrected chi connectivity index (χ0v) is 12.9. The van der Waals surface area contributed by atoms with E-state index in [0.717, 1.165) is 16.7 Å². The molecule has 2 N–H and O–H groups in total. The predicted octanol–water partition coefficient (Wildman–Crippen LogP) is 3.35. The molecule has 1 amide bonds. The number of aliphatic hydroxyl groups is 1. The van der Waals surface area contributed by atoms with Gasteiger partial charge in [-0.15, -0.1) is 11.3 Å². The maximum atomic E-state index is 12.3. The minimum atomic E-state index is -0.114. The van der Waals surface area contributed by atoms with Crippen molar-refractivity contribution in [1.29, 1.82) is 0 Å². The van der Waals surface area contributed by atoms with E-state index in [9.17, 15) is 4.79 Å². The quantitative estimate of drug-likeness (QED) is 0.854. The monoisotopic (exact) mass is 299 g/mol. The van der Waals surface area contributed by atoms with Gasteiger partial charge in [0.05, 0.1) is 17.2 Å². The maximum Gasteiger partial charge on any atom is 0.266 e. The number of thiophene rings is 1. The van der Waals surface area contributed by atoms with Gasteiger partial charge in [-0.1, -0.05) is 17.9 Å². The Morgan fingerprint density at radius 1 is 1.33 bits per heavy atom. The molecule has 0 radical (unpaired) electrons. The zero-order chi connectivity index (χ0) is 15.2. The predicted molar refractivity (Wildman–Crippen MR) is 86.8 cm³/mol. The Kier molecular flexibility index (Phi) is 5.15. The van der Waals surface area contributed by atoms with Crippen LogP contribution in [0.1, 0.15) is 32.8 Å². The number of carbonyl (C=O) groups is 1. The van der Waals surface area contributed by atoms with Crippen LogP contribution in [0.5, 0.6) is 0 Å². The summed E-state index contributed by atoms with van der Waals surface area (Å²) >= 11 is 1.43. The Bertz CT molecular complexity index is 707. The van der Waals surface area contributed by atoms with Gasteiger partial charge in [0.15, 0.2) is 0 Å². The Morgan fingerprint density at radius 3 is 2.81 bits per heavy atom. The van der Waals surface area contributed by atoms with Crippen LogP contribution in [-0.2, 0) is 0 Å². The number of aryl methyl sites for hydroxylation is 2. The Balaban J connectivity index is 2.26. The number of hydrogen-bond acceptors (Lipinski definition) is 3. The van der Waals surface area contributed by atoms with E-state index in [4.69, 9.17) is 5.11 Å². The van der Waals surface area contributed by atoms with Gasteiger partial charge < -0.3 is 10.4 Å². The first-order valence-electron chi connectivity index (χ1n) is 6.67. The van der Waals surface area contributed by atoms with E-state index in [1.807, 2.05) is 43.5 Å². The van der Waals surface area contributed by atoms with E-state index in [-0.39, 0.29) is 12.5 Å². The van der Waals surface area contributed by atoms with Crippen molar-refractivity contribution >= 4 is 22.9 Å². The Morgan fingerprint density at radius 2 is 2.14 bits per heavy atom. The number of rotatable bonds is 3. The molecular weight excluding hydrogens is 282 g/mol. The zero-order valence-electron chi connectivity index (χ0n) is 12.1. The molecule has 2 aromatic rings. The molecule has 0 aliphatic carbocycles. The average Bonchev–Trinajstić information content (AvgIpc) is 2.88. The number of carbonyl (C=O) groups excluding carboxylic acids is 1. The van der Waals surface area contributed by atoms with Crippen molar-refractivity contribution in [3.63, 3.8) is 0 Å². The molecule has 1 aromatic heterocycles. The summed E-state index contributed by atoms with van der Waals surface area (Å²) in [5.74, 6) is 5.77. The van der Waals surface area contributed by atoms with Crippen LogP contribution in [0.2, 0.25) is 0 Å². The van der Waals surface area contributed by atoms with E-state index < -0.39 is 0 Å². The highest BCUT2D eigenvalue weighted by atomic mass is 32.1. The van der Waals surface area contributed by atoms with Gasteiger partial charge in [0, 0.05) is 12.0 Å². The molecule has 0 aliphatic heterocycles. The van der Waals surface area contributed by atoms with E-state index in [0.29, 0.717) is 17.0 Å². The molecule has 0 fully saturated rings. The van der Waals surface area contributed by atoms with Crippen LogP contribution in [0, 0.1) is 25.7 Å². The van der Waals surface area contributed by atoms with E-state index in [1.165, 1.54) is 11.3 Å². The van der Waals surface area contributed by atoms with Gasteiger partial charge >= 0.3 is 0 Å². The lowest BCUT2D eigenvalue weighted by Crippen LogP contribution is -2.12. The van der Waals surface area contributed by atoms with Gasteiger partial charge in [0.25, 0.3) is 5.91 Å². The molecule has 0 saturated carbocycles. The Labute approximate surface area is 128 Å². The second-order valence-electron chi connectivity index (χ2n) is 4.71. The summed E-state index contributed by atoms with van der Waals surface area (Å²) in [6, 6.07) is 7.66. The lowest BCUT2D eigenvalue weighted by molar-refractivity contribution is 0.103. The lowest BCUT2D eigenvalue weighted by atomic mass is 10.1. The summed E-state index contributed by atoms with van der Waals surface area (Å²) in [6.45, 7) is 3.93. The van der Waals surface area contributed by atoms with E-state index >= 15 is 0 Å². The third-order valence-corrected chi connectivity index (χ3v) is 3.97. The first kappa shape index (κ1) is 15.3. The number of hydrogen-bond donors (Lipinski definition) is 2. The van der Waals surface area contributed by atoms with Gasteiger partial charge in [0.2, 0.25) is 0 Å². The molecule has 0 bridgehead atoms. The molecule has 0 unspecified atom stereocenters. The number of nitrogens with one attached hydrogen (secondary N) is 1. The average molecular weight is 299 g/mol. The fraction of sp³-hybridized carbons (Fsp3) is 0.235. The van der Waals surface area contributed by atoms with Crippen molar-refractivity contribution in [3.8, 4) is 11.8 Å². The molecule has 4 heteroatoms. The molecule has 0 saturated heterocycles. The molecular formula is C17H17NO2S. The van der Waals surface area contributed by atoms with Crippen molar-refractivity contribution in [1.82, 2.24) is 0 Å². The number of amides is 1. The van der Waals surface area contributed by atoms with Gasteiger partial charge in [0.1, 0.15) is 0 Å². The van der Waals surface area contributed by atoms with Crippen molar-refractivity contribution in [2.45, 2.75) is 20.3 Å². The van der Waals surface area contributed by atoms with Crippen molar-refractivity contribution in [2.24, 2.45) is 0 Å². The topological polar surface area (TPSA) is 49.3 Å². The highest BCUT2D eigenvalue weighted by Crippen LogP contribution is 2.21. The van der Waals surface area contributed by atoms with Gasteiger partial charge in [-0.3, -0.25) is 4.79 Å². The first-order valence-corrected chi connectivity index (χ1v) is 7.55. The first-order chi connectivity index (χ1) is 10.1. The van der Waals surface area contributed by atoms with Crippen LogP contribution < -0.4 is 5.32 Å². The molecule has 1 heterocycles. The standard InChI is InChI=1S/C17H17NO2S/c1-12-6-7-15(14(11-12)5-3-4-9-19)18-17(20)16-13(2)8-10-21-16/h6-8,10-11,19H,4,9H2,1-2H3,(H,18,20). The Hall–Kier alpha value is -2.09. The molecule has 0 atom stereocenters. The van der Waals surface area contributed by atoms with Crippen LogP contribution in [0.25, 0.3) is 0 Å². The van der Waals surface area contributed by atoms with E-state index in [2.05, 4.69) is 17.2 Å². The van der Waals surface area contributed by atoms with Crippen molar-refractivity contribution < 1.29 is 9.90 Å². The third kappa shape index (κ3) is 3.94. The van der Waals surface area contributed by atoms with Crippen molar-refractivity contribution in [3.05, 3.63) is 51.2 Å². The molecule has 1 aromatic carbocycles. The summed E-state index contributed by atoms with van der Waals surface area (Å²) in [4.78, 5) is 13.0. The summed E-state index contributed by atoms with van der Waals surface area (Å²) in [7, 11) is 0. The number of anilines is 1. The van der Waals surface area contributed by atoms with Crippen LogP contribution in [0.15, 0.2) is 29.6 Å². The van der Waals surface area contributed by atoms with Crippen LogP contribution in [0.4, 0.5) is 5.69 Å². The smallest absolute Gasteiger partial charge is 0.266 e. The largest absolute Gasteiger partial charge is 0.395 e. The van der Waals surface area contributed by atoms with Crippen LogP contribution in [-0.4, -0.2) is 17.6 Å². The molecule has 3 nitrogen and oxygen atoms in total. The van der Waals surface area contributed by atoms with Crippen LogP contribution in [0.3, 0.4) is 0 Å².